The molecule has 72 valence electrons. The van der Waals surface area contributed by atoms with Crippen molar-refractivity contribution in [1.82, 2.24) is 9.97 Å². The van der Waals surface area contributed by atoms with E-state index >= 15 is 0 Å². The molecular weight excluding hydrogens is 170 g/mol. The van der Waals surface area contributed by atoms with Crippen LogP contribution in [0.25, 0.3) is 0 Å². The highest BCUT2D eigenvalue weighted by Crippen LogP contribution is 1.98. The average molecular weight is 183 g/mol. The fourth-order valence-electron chi connectivity index (χ4n) is 0.758. The predicted molar refractivity (Wildman–Crippen MR) is 48.4 cm³/mol. The maximum atomic E-state index is 9.01. The smallest absolute Gasteiger partial charge is 0.222 e. The molecule has 1 rings (SSSR count). The van der Waals surface area contributed by atoms with Crippen molar-refractivity contribution in [3.05, 3.63) is 18.0 Å². The zero-order valence-electron chi connectivity index (χ0n) is 7.44. The summed E-state index contributed by atoms with van der Waals surface area (Å²) in [5, 5.41) is 20.3. The lowest BCUT2D eigenvalue weighted by Crippen LogP contribution is -2.23. The summed E-state index contributed by atoms with van der Waals surface area (Å²) < 4.78 is 0. The minimum absolute atomic E-state index is 0.250. The van der Waals surface area contributed by atoms with Crippen LogP contribution in [-0.4, -0.2) is 39.4 Å². The highest BCUT2D eigenvalue weighted by Gasteiger charge is 2.01. The molecular formula is C8H13N3O2. The summed E-state index contributed by atoms with van der Waals surface area (Å²) in [4.78, 5) is 7.94. The van der Waals surface area contributed by atoms with Crippen molar-refractivity contribution >= 4 is 5.95 Å². The van der Waals surface area contributed by atoms with Crippen LogP contribution in [0.4, 0.5) is 5.95 Å². The third-order valence-corrected chi connectivity index (χ3v) is 1.49. The molecule has 5 nitrogen and oxygen atoms in total. The van der Waals surface area contributed by atoms with Crippen molar-refractivity contribution in [2.24, 2.45) is 0 Å². The molecule has 13 heavy (non-hydrogen) atoms. The SMILES string of the molecule is Cc1cnc(NCC(O)CO)nc1. The van der Waals surface area contributed by atoms with Crippen LogP contribution in [0, 0.1) is 6.92 Å². The van der Waals surface area contributed by atoms with Gasteiger partial charge in [-0.1, -0.05) is 0 Å². The lowest BCUT2D eigenvalue weighted by Gasteiger charge is -2.08. The number of aryl methyl sites for hydroxylation is 1. The number of rotatable bonds is 4. The molecule has 0 aromatic carbocycles. The van der Waals surface area contributed by atoms with E-state index < -0.39 is 6.10 Å². The highest BCUT2D eigenvalue weighted by molar-refractivity contribution is 5.24. The van der Waals surface area contributed by atoms with Crippen molar-refractivity contribution in [1.29, 1.82) is 0 Å². The van der Waals surface area contributed by atoms with Gasteiger partial charge in [-0.15, -0.1) is 0 Å². The van der Waals surface area contributed by atoms with E-state index in [2.05, 4.69) is 15.3 Å². The summed E-state index contributed by atoms with van der Waals surface area (Å²) in [6, 6.07) is 0. The van der Waals surface area contributed by atoms with Gasteiger partial charge in [0.25, 0.3) is 0 Å². The maximum absolute atomic E-state index is 9.01. The number of nitrogens with zero attached hydrogens (tertiary/aromatic N) is 2. The second-order valence-corrected chi connectivity index (χ2v) is 2.80. The van der Waals surface area contributed by atoms with Crippen molar-refractivity contribution < 1.29 is 10.2 Å². The van der Waals surface area contributed by atoms with Gasteiger partial charge in [-0.2, -0.15) is 0 Å². The Labute approximate surface area is 76.5 Å². The molecule has 0 radical (unpaired) electrons. The Kier molecular flexibility index (Phi) is 3.60. The van der Waals surface area contributed by atoms with Crippen LogP contribution >= 0.6 is 0 Å². The van der Waals surface area contributed by atoms with Crippen molar-refractivity contribution in [2.75, 3.05) is 18.5 Å². The zero-order valence-corrected chi connectivity index (χ0v) is 7.44. The topological polar surface area (TPSA) is 78.3 Å². The van der Waals surface area contributed by atoms with E-state index in [-0.39, 0.29) is 13.2 Å². The van der Waals surface area contributed by atoms with Gasteiger partial charge in [-0.05, 0) is 12.5 Å². The molecule has 0 spiro atoms. The number of anilines is 1. The lowest BCUT2D eigenvalue weighted by atomic mass is 10.4. The van der Waals surface area contributed by atoms with Crippen LogP contribution in [-0.2, 0) is 0 Å². The number of hydrogen-bond acceptors (Lipinski definition) is 5. The van der Waals surface area contributed by atoms with E-state index in [1.807, 2.05) is 6.92 Å². The lowest BCUT2D eigenvalue weighted by molar-refractivity contribution is 0.105. The summed E-state index contributed by atoms with van der Waals surface area (Å²) in [7, 11) is 0. The van der Waals surface area contributed by atoms with Gasteiger partial charge in [0, 0.05) is 18.9 Å². The van der Waals surface area contributed by atoms with E-state index in [9.17, 15) is 0 Å². The molecule has 0 saturated heterocycles. The van der Waals surface area contributed by atoms with Crippen LogP contribution in [0.3, 0.4) is 0 Å². The Bertz CT molecular complexity index is 250. The Morgan fingerprint density at radius 1 is 1.46 bits per heavy atom. The van der Waals surface area contributed by atoms with Gasteiger partial charge < -0.3 is 15.5 Å². The van der Waals surface area contributed by atoms with Gasteiger partial charge in [0.15, 0.2) is 0 Å². The Hall–Kier alpha value is -1.20. The fraction of sp³-hybridized carbons (Fsp3) is 0.500. The second-order valence-electron chi connectivity index (χ2n) is 2.80. The molecule has 5 heteroatoms. The fourth-order valence-corrected chi connectivity index (χ4v) is 0.758. The number of hydrogen-bond donors (Lipinski definition) is 3. The van der Waals surface area contributed by atoms with Crippen molar-refractivity contribution in [2.45, 2.75) is 13.0 Å². The molecule has 0 aliphatic heterocycles. The molecule has 0 fully saturated rings. The van der Waals surface area contributed by atoms with Crippen molar-refractivity contribution in [3.63, 3.8) is 0 Å². The third kappa shape index (κ3) is 3.35. The molecule has 3 N–H and O–H groups in total. The van der Waals surface area contributed by atoms with Crippen LogP contribution in [0.15, 0.2) is 12.4 Å². The molecule has 1 atom stereocenters. The Balaban J connectivity index is 2.41. The first-order valence-corrected chi connectivity index (χ1v) is 4.04. The predicted octanol–water partition coefficient (Wildman–Crippen LogP) is -0.450. The highest BCUT2D eigenvalue weighted by atomic mass is 16.3. The van der Waals surface area contributed by atoms with Crippen LogP contribution < -0.4 is 5.32 Å². The zero-order chi connectivity index (χ0) is 9.68. The molecule has 0 aliphatic carbocycles. The number of nitrogens with one attached hydrogen (secondary N) is 1. The summed E-state index contributed by atoms with van der Waals surface area (Å²) in [6.07, 6.45) is 2.59. The van der Waals surface area contributed by atoms with Gasteiger partial charge >= 0.3 is 0 Å². The molecule has 0 bridgehead atoms. The van der Waals surface area contributed by atoms with E-state index in [4.69, 9.17) is 10.2 Å². The third-order valence-electron chi connectivity index (χ3n) is 1.49. The minimum Gasteiger partial charge on any atom is -0.394 e. The monoisotopic (exact) mass is 183 g/mol. The van der Waals surface area contributed by atoms with E-state index in [0.29, 0.717) is 5.95 Å². The molecule has 1 aromatic rings. The summed E-state index contributed by atoms with van der Waals surface area (Å²) in [6.45, 7) is 1.88. The molecule has 1 heterocycles. The minimum atomic E-state index is -0.773. The van der Waals surface area contributed by atoms with Crippen molar-refractivity contribution in [3.8, 4) is 0 Å². The van der Waals surface area contributed by atoms with Gasteiger partial charge in [-0.25, -0.2) is 9.97 Å². The number of aromatic nitrogens is 2. The van der Waals surface area contributed by atoms with Crippen LogP contribution in [0.1, 0.15) is 5.56 Å². The quantitative estimate of drug-likeness (QED) is 0.589. The normalized spacial score (nSPS) is 12.5. The molecule has 0 saturated carbocycles. The Morgan fingerprint density at radius 3 is 2.62 bits per heavy atom. The molecule has 0 aliphatic rings. The van der Waals surface area contributed by atoms with E-state index in [0.717, 1.165) is 5.56 Å². The molecule has 1 aromatic heterocycles. The standard InChI is InChI=1S/C8H13N3O2/c1-6-2-9-8(10-3-6)11-4-7(13)5-12/h2-3,7,12-13H,4-5H2,1H3,(H,9,10,11). The van der Waals surface area contributed by atoms with Crippen LogP contribution in [0.5, 0.6) is 0 Å². The van der Waals surface area contributed by atoms with E-state index in [1.54, 1.807) is 12.4 Å². The first-order chi connectivity index (χ1) is 6.22. The van der Waals surface area contributed by atoms with Gasteiger partial charge in [-0.3, -0.25) is 0 Å². The maximum Gasteiger partial charge on any atom is 0.222 e. The second kappa shape index (κ2) is 4.74. The largest absolute Gasteiger partial charge is 0.394 e. The van der Waals surface area contributed by atoms with Gasteiger partial charge in [0.1, 0.15) is 0 Å². The van der Waals surface area contributed by atoms with Gasteiger partial charge in [0.2, 0.25) is 5.95 Å². The molecule has 1 unspecified atom stereocenters. The van der Waals surface area contributed by atoms with Gasteiger partial charge in [0.05, 0.1) is 12.7 Å². The summed E-state index contributed by atoms with van der Waals surface area (Å²) >= 11 is 0. The summed E-state index contributed by atoms with van der Waals surface area (Å²) in [5.74, 6) is 0.457. The first kappa shape index (κ1) is 9.88. The summed E-state index contributed by atoms with van der Waals surface area (Å²) in [5.41, 5.74) is 0.980. The number of aliphatic hydroxyl groups is 2. The van der Waals surface area contributed by atoms with E-state index in [1.165, 1.54) is 0 Å². The first-order valence-electron chi connectivity index (χ1n) is 4.04. The molecule has 0 amide bonds. The Morgan fingerprint density at radius 2 is 2.08 bits per heavy atom. The number of aliphatic hydroxyl groups excluding tert-OH is 2. The van der Waals surface area contributed by atoms with Crippen LogP contribution in [0.2, 0.25) is 0 Å². The average Bonchev–Trinajstić information content (AvgIpc) is 2.16.